The molecule has 0 aromatic heterocycles. The summed E-state index contributed by atoms with van der Waals surface area (Å²) >= 11 is 0. The van der Waals surface area contributed by atoms with Crippen molar-refractivity contribution in [1.29, 1.82) is 0 Å². The number of carbonyl (C=O) groups excluding carboxylic acids is 1. The summed E-state index contributed by atoms with van der Waals surface area (Å²) in [6, 6.07) is 13.1. The second-order valence-electron chi connectivity index (χ2n) is 6.89. The molecule has 1 fully saturated rings. The van der Waals surface area contributed by atoms with Crippen molar-refractivity contribution in [3.8, 4) is 17.2 Å². The molecule has 6 heteroatoms. The Labute approximate surface area is 152 Å². The summed E-state index contributed by atoms with van der Waals surface area (Å²) in [6.07, 6.45) is 1.69. The number of para-hydroxylation sites is 1. The van der Waals surface area contributed by atoms with E-state index in [0.29, 0.717) is 11.5 Å². The molecule has 2 aliphatic heterocycles. The van der Waals surface area contributed by atoms with Crippen LogP contribution in [0.1, 0.15) is 18.4 Å². The largest absolute Gasteiger partial charge is 0.507 e. The smallest absolute Gasteiger partial charge is 0.231 e. The van der Waals surface area contributed by atoms with Crippen LogP contribution < -0.4 is 19.7 Å². The fourth-order valence-corrected chi connectivity index (χ4v) is 3.62. The summed E-state index contributed by atoms with van der Waals surface area (Å²) in [7, 11) is 0. The summed E-state index contributed by atoms with van der Waals surface area (Å²) in [4.78, 5) is 13.8. The molecule has 0 spiro atoms. The number of amides is 1. The second-order valence-corrected chi connectivity index (χ2v) is 6.89. The number of hydrogen-bond acceptors (Lipinski definition) is 4. The monoisotopic (exact) mass is 355 g/mol. The number of ether oxygens (including phenoxy) is 2. The number of quaternary nitrogens is 1. The molecule has 2 aromatic rings. The molecule has 4 rings (SSSR count). The van der Waals surface area contributed by atoms with Gasteiger partial charge in [0.25, 0.3) is 0 Å². The van der Waals surface area contributed by atoms with Crippen LogP contribution in [0.25, 0.3) is 0 Å². The topological polar surface area (TPSA) is 72.2 Å². The van der Waals surface area contributed by atoms with Crippen LogP contribution in [0.15, 0.2) is 42.5 Å². The molecule has 2 aromatic carbocycles. The lowest BCUT2D eigenvalue weighted by Crippen LogP contribution is -3.11. The highest BCUT2D eigenvalue weighted by Crippen LogP contribution is 2.37. The van der Waals surface area contributed by atoms with Gasteiger partial charge in [0.2, 0.25) is 12.7 Å². The average Bonchev–Trinajstić information content (AvgIpc) is 3.10. The van der Waals surface area contributed by atoms with Crippen molar-refractivity contribution in [1.82, 2.24) is 0 Å². The van der Waals surface area contributed by atoms with E-state index < -0.39 is 0 Å². The van der Waals surface area contributed by atoms with Crippen molar-refractivity contribution in [3.63, 3.8) is 0 Å². The van der Waals surface area contributed by atoms with E-state index in [1.165, 1.54) is 4.90 Å². The van der Waals surface area contributed by atoms with Crippen LogP contribution in [0.5, 0.6) is 17.2 Å². The number of carbonyl (C=O) groups is 1. The third-order valence-electron chi connectivity index (χ3n) is 5.12. The fraction of sp³-hybridized carbons (Fsp3) is 0.350. The normalized spacial score (nSPS) is 21.4. The first-order chi connectivity index (χ1) is 12.7. The van der Waals surface area contributed by atoms with Gasteiger partial charge in [0.15, 0.2) is 11.5 Å². The number of fused-ring (bicyclic) bond motifs is 1. The van der Waals surface area contributed by atoms with Gasteiger partial charge in [-0.25, -0.2) is 0 Å². The van der Waals surface area contributed by atoms with Crippen molar-refractivity contribution in [2.24, 2.45) is 5.92 Å². The number of aromatic hydroxyl groups is 1. The zero-order chi connectivity index (χ0) is 17.9. The van der Waals surface area contributed by atoms with Gasteiger partial charge in [0.05, 0.1) is 18.7 Å². The minimum Gasteiger partial charge on any atom is -0.507 e. The molecule has 2 heterocycles. The molecule has 6 nitrogen and oxygen atoms in total. The summed E-state index contributed by atoms with van der Waals surface area (Å²) in [6.45, 7) is 2.73. The van der Waals surface area contributed by atoms with Gasteiger partial charge in [-0.1, -0.05) is 18.2 Å². The molecule has 0 aliphatic carbocycles. The zero-order valence-corrected chi connectivity index (χ0v) is 14.5. The Balaban J connectivity index is 1.32. The lowest BCUT2D eigenvalue weighted by Gasteiger charge is -2.28. The molecule has 0 saturated carbocycles. The number of likely N-dealkylation sites (tertiary alicyclic amines) is 1. The Hall–Kier alpha value is -2.73. The summed E-state index contributed by atoms with van der Waals surface area (Å²) in [5.74, 6) is 1.67. The number of nitrogens with one attached hydrogen (secondary N) is 2. The molecule has 0 unspecified atom stereocenters. The third-order valence-corrected chi connectivity index (χ3v) is 5.12. The van der Waals surface area contributed by atoms with E-state index in [0.717, 1.165) is 43.7 Å². The van der Waals surface area contributed by atoms with E-state index in [1.54, 1.807) is 6.07 Å². The van der Waals surface area contributed by atoms with Crippen molar-refractivity contribution in [2.75, 3.05) is 25.2 Å². The molecular formula is C20H23N2O4+. The van der Waals surface area contributed by atoms with E-state index in [1.807, 2.05) is 36.4 Å². The van der Waals surface area contributed by atoms with Crippen LogP contribution in [0, 0.1) is 5.92 Å². The second kappa shape index (κ2) is 7.25. The molecule has 0 atom stereocenters. The quantitative estimate of drug-likeness (QED) is 0.778. The maximum absolute atomic E-state index is 12.4. The van der Waals surface area contributed by atoms with E-state index in [4.69, 9.17) is 9.47 Å². The minimum atomic E-state index is 0.0457. The fourth-order valence-electron chi connectivity index (χ4n) is 3.62. The molecular weight excluding hydrogens is 332 g/mol. The van der Waals surface area contributed by atoms with Gasteiger partial charge in [-0.2, -0.15) is 0 Å². The van der Waals surface area contributed by atoms with Gasteiger partial charge in [-0.15, -0.1) is 0 Å². The highest BCUT2D eigenvalue weighted by molar-refractivity contribution is 5.92. The maximum atomic E-state index is 12.4. The van der Waals surface area contributed by atoms with Gasteiger partial charge in [-0.3, -0.25) is 4.79 Å². The van der Waals surface area contributed by atoms with E-state index in [9.17, 15) is 9.90 Å². The van der Waals surface area contributed by atoms with Gasteiger partial charge >= 0.3 is 0 Å². The van der Waals surface area contributed by atoms with Gasteiger partial charge in [0.1, 0.15) is 12.3 Å². The van der Waals surface area contributed by atoms with E-state index in [-0.39, 0.29) is 24.4 Å². The number of anilines is 1. The van der Waals surface area contributed by atoms with Gasteiger partial charge < -0.3 is 24.8 Å². The molecule has 26 heavy (non-hydrogen) atoms. The zero-order valence-electron chi connectivity index (χ0n) is 14.5. The number of benzene rings is 2. The maximum Gasteiger partial charge on any atom is 0.231 e. The van der Waals surface area contributed by atoms with Crippen molar-refractivity contribution in [3.05, 3.63) is 48.0 Å². The third kappa shape index (κ3) is 3.60. The van der Waals surface area contributed by atoms with Crippen molar-refractivity contribution < 1.29 is 24.3 Å². The van der Waals surface area contributed by atoms with Crippen molar-refractivity contribution in [2.45, 2.75) is 19.4 Å². The summed E-state index contributed by atoms with van der Waals surface area (Å²) in [5.41, 5.74) is 1.70. The number of rotatable bonds is 4. The first-order valence-corrected chi connectivity index (χ1v) is 9.00. The van der Waals surface area contributed by atoms with Crippen LogP contribution in [-0.4, -0.2) is 30.9 Å². The SMILES string of the molecule is O=C(Nc1ccccc1)C1CC[NH+](Cc2cc3c(cc2O)OCO3)CC1. The Bertz CT molecular complexity index is 786. The number of piperidine rings is 1. The summed E-state index contributed by atoms with van der Waals surface area (Å²) < 4.78 is 10.7. The van der Waals surface area contributed by atoms with E-state index >= 15 is 0 Å². The first-order valence-electron chi connectivity index (χ1n) is 9.00. The van der Waals surface area contributed by atoms with Crippen LogP contribution in [0.3, 0.4) is 0 Å². The number of phenols is 1. The number of hydrogen-bond donors (Lipinski definition) is 3. The van der Waals surface area contributed by atoms with Crippen LogP contribution in [-0.2, 0) is 11.3 Å². The van der Waals surface area contributed by atoms with E-state index in [2.05, 4.69) is 5.32 Å². The van der Waals surface area contributed by atoms with Gasteiger partial charge in [-0.05, 0) is 18.2 Å². The molecule has 2 aliphatic rings. The lowest BCUT2D eigenvalue weighted by atomic mass is 9.95. The minimum absolute atomic E-state index is 0.0457. The summed E-state index contributed by atoms with van der Waals surface area (Å²) in [5, 5.41) is 13.2. The highest BCUT2D eigenvalue weighted by Gasteiger charge is 2.28. The Morgan fingerprint density at radius 1 is 1.12 bits per heavy atom. The van der Waals surface area contributed by atoms with Gasteiger partial charge in [0, 0.05) is 30.5 Å². The molecule has 136 valence electrons. The Morgan fingerprint density at radius 3 is 2.54 bits per heavy atom. The van der Waals surface area contributed by atoms with Crippen LogP contribution in [0.2, 0.25) is 0 Å². The highest BCUT2D eigenvalue weighted by atomic mass is 16.7. The molecule has 0 bridgehead atoms. The lowest BCUT2D eigenvalue weighted by molar-refractivity contribution is -0.919. The predicted molar refractivity (Wildman–Crippen MR) is 96.4 cm³/mol. The number of phenolic OH excluding ortho intramolecular Hbond substituents is 1. The predicted octanol–water partition coefficient (Wildman–Crippen LogP) is 1.55. The first kappa shape index (κ1) is 16.7. The Morgan fingerprint density at radius 2 is 1.81 bits per heavy atom. The average molecular weight is 355 g/mol. The standard InChI is InChI=1S/C20H22N2O4/c23-17-11-19-18(25-13-26-19)10-15(17)12-22-8-6-14(7-9-22)20(24)21-16-4-2-1-3-5-16/h1-5,10-11,14,23H,6-9,12-13H2,(H,21,24)/p+1. The van der Waals surface area contributed by atoms with Crippen LogP contribution >= 0.6 is 0 Å². The molecule has 1 amide bonds. The Kier molecular flexibility index (Phi) is 4.67. The molecule has 3 N–H and O–H groups in total. The van der Waals surface area contributed by atoms with Crippen molar-refractivity contribution >= 4 is 11.6 Å². The molecule has 0 radical (unpaired) electrons. The molecule has 1 saturated heterocycles. The van der Waals surface area contributed by atoms with Crippen LogP contribution in [0.4, 0.5) is 5.69 Å².